The van der Waals surface area contributed by atoms with Crippen molar-refractivity contribution in [1.29, 1.82) is 0 Å². The van der Waals surface area contributed by atoms with Gasteiger partial charge in [-0.3, -0.25) is 9.59 Å². The van der Waals surface area contributed by atoms with Crippen molar-refractivity contribution in [2.45, 2.75) is 13.0 Å². The van der Waals surface area contributed by atoms with Gasteiger partial charge in [-0.2, -0.15) is 5.10 Å². The van der Waals surface area contributed by atoms with Crippen LogP contribution in [0, 0.1) is 5.92 Å². The fourth-order valence-corrected chi connectivity index (χ4v) is 3.92. The van der Waals surface area contributed by atoms with Crippen molar-refractivity contribution in [1.82, 2.24) is 14.7 Å². The molecule has 1 aromatic heterocycles. The molecule has 2 heterocycles. The first-order chi connectivity index (χ1) is 11.3. The maximum Gasteiger partial charge on any atom is 0.275 e. The summed E-state index contributed by atoms with van der Waals surface area (Å²) < 4.78 is 23.4. The highest BCUT2D eigenvalue weighted by atomic mass is 32.2. The lowest BCUT2D eigenvalue weighted by Crippen LogP contribution is -2.36. The Morgan fingerprint density at radius 2 is 2.08 bits per heavy atom. The van der Waals surface area contributed by atoms with Crippen molar-refractivity contribution in [3.8, 4) is 0 Å². The van der Waals surface area contributed by atoms with Gasteiger partial charge in [-0.15, -0.1) is 0 Å². The van der Waals surface area contributed by atoms with Gasteiger partial charge in [0.15, 0.2) is 0 Å². The summed E-state index contributed by atoms with van der Waals surface area (Å²) in [6.45, 7) is 0.630. The van der Waals surface area contributed by atoms with Crippen LogP contribution >= 0.6 is 0 Å². The van der Waals surface area contributed by atoms with E-state index in [9.17, 15) is 18.0 Å². The molecule has 9 heteroatoms. The second-order valence-corrected chi connectivity index (χ2v) is 7.68. The number of primary sulfonamides is 1. The van der Waals surface area contributed by atoms with E-state index in [0.29, 0.717) is 24.9 Å². The van der Waals surface area contributed by atoms with E-state index >= 15 is 0 Å². The van der Waals surface area contributed by atoms with Crippen LogP contribution in [-0.2, 0) is 21.4 Å². The highest BCUT2D eigenvalue weighted by molar-refractivity contribution is 7.89. The van der Waals surface area contributed by atoms with Gasteiger partial charge < -0.3 is 4.90 Å². The number of hydrogen-bond acceptors (Lipinski definition) is 5. The first kappa shape index (κ1) is 16.6. The van der Waals surface area contributed by atoms with Gasteiger partial charge >= 0.3 is 0 Å². The third-order valence-electron chi connectivity index (χ3n) is 4.15. The second-order valence-electron chi connectivity index (χ2n) is 6.02. The van der Waals surface area contributed by atoms with E-state index in [1.54, 1.807) is 29.3 Å². The van der Waals surface area contributed by atoms with Gasteiger partial charge in [0.1, 0.15) is 6.54 Å². The summed E-state index contributed by atoms with van der Waals surface area (Å²) in [6.07, 6.45) is 2.14. The summed E-state index contributed by atoms with van der Waals surface area (Å²) in [5, 5.41) is 10.3. The normalized spacial score (nSPS) is 18.2. The molecule has 1 atom stereocenters. The van der Waals surface area contributed by atoms with Crippen LogP contribution in [0.3, 0.4) is 0 Å². The van der Waals surface area contributed by atoms with Crippen LogP contribution < -0.4 is 10.7 Å². The molecule has 1 fully saturated rings. The smallest absolute Gasteiger partial charge is 0.275 e. The number of aromatic nitrogens is 2. The summed E-state index contributed by atoms with van der Waals surface area (Å²) in [7, 11) is -3.55. The second kappa shape index (κ2) is 6.33. The van der Waals surface area contributed by atoms with Crippen molar-refractivity contribution < 1.29 is 13.2 Å². The minimum Gasteiger partial charge on any atom is -0.341 e. The molecule has 0 saturated carbocycles. The highest BCUT2D eigenvalue weighted by Crippen LogP contribution is 2.17. The summed E-state index contributed by atoms with van der Waals surface area (Å²) in [5.41, 5.74) is -0.318. The topological polar surface area (TPSA) is 115 Å². The zero-order chi connectivity index (χ0) is 17.3. The predicted octanol–water partition coefficient (Wildman–Crippen LogP) is -0.466. The van der Waals surface area contributed by atoms with Gasteiger partial charge in [0.2, 0.25) is 15.9 Å². The molecule has 0 spiro atoms. The summed E-state index contributed by atoms with van der Waals surface area (Å²) in [6, 6.07) is 7.05. The maximum atomic E-state index is 12.4. The highest BCUT2D eigenvalue weighted by Gasteiger charge is 2.29. The molecule has 2 N–H and O–H groups in total. The van der Waals surface area contributed by atoms with Crippen LogP contribution in [0.15, 0.2) is 35.3 Å². The van der Waals surface area contributed by atoms with Crippen LogP contribution in [0.25, 0.3) is 10.8 Å². The Kier molecular flexibility index (Phi) is 4.37. The first-order valence-electron chi connectivity index (χ1n) is 7.56. The van der Waals surface area contributed by atoms with Gasteiger partial charge in [0.05, 0.1) is 17.3 Å². The van der Waals surface area contributed by atoms with E-state index in [2.05, 4.69) is 5.10 Å². The minimum absolute atomic E-state index is 0.134. The number of nitrogens with zero attached hydrogens (tertiary/aromatic N) is 3. The Labute approximate surface area is 138 Å². The van der Waals surface area contributed by atoms with Crippen LogP contribution in [0.5, 0.6) is 0 Å². The van der Waals surface area contributed by atoms with Gasteiger partial charge in [-0.25, -0.2) is 18.2 Å². The van der Waals surface area contributed by atoms with Crippen molar-refractivity contribution in [2.75, 3.05) is 18.8 Å². The SMILES string of the molecule is NS(=O)(=O)CC1CCN(C(=O)Cn2ncc3ccccc3c2=O)C1. The van der Waals surface area contributed by atoms with Crippen molar-refractivity contribution in [3.05, 3.63) is 40.8 Å². The zero-order valence-electron chi connectivity index (χ0n) is 13.0. The maximum absolute atomic E-state index is 12.4. The Bertz CT molecular complexity index is 938. The van der Waals surface area contributed by atoms with Gasteiger partial charge in [0, 0.05) is 18.5 Å². The van der Waals surface area contributed by atoms with E-state index in [-0.39, 0.29) is 29.7 Å². The molecule has 1 aromatic carbocycles. The summed E-state index contributed by atoms with van der Waals surface area (Å²) in [5.74, 6) is -0.549. The van der Waals surface area contributed by atoms with Gasteiger partial charge in [-0.05, 0) is 18.4 Å². The standard InChI is InChI=1S/C15H18N4O4S/c16-24(22,23)10-11-5-6-18(8-11)14(20)9-19-15(21)13-4-2-1-3-12(13)7-17-19/h1-4,7,11H,5-6,8-10H2,(H2,16,22,23). The largest absolute Gasteiger partial charge is 0.341 e. The number of nitrogens with two attached hydrogens (primary N) is 1. The van der Waals surface area contributed by atoms with E-state index in [4.69, 9.17) is 5.14 Å². The number of carbonyl (C=O) groups is 1. The fraction of sp³-hybridized carbons (Fsp3) is 0.400. The van der Waals surface area contributed by atoms with Gasteiger partial charge in [0.25, 0.3) is 5.56 Å². The lowest BCUT2D eigenvalue weighted by Gasteiger charge is -2.16. The van der Waals surface area contributed by atoms with Crippen LogP contribution in [0.4, 0.5) is 0 Å². The minimum atomic E-state index is -3.55. The number of sulfonamides is 1. The monoisotopic (exact) mass is 350 g/mol. The molecule has 3 rings (SSSR count). The quantitative estimate of drug-likeness (QED) is 0.801. The van der Waals surface area contributed by atoms with Gasteiger partial charge in [-0.1, -0.05) is 18.2 Å². The van der Waals surface area contributed by atoms with Crippen molar-refractivity contribution in [2.24, 2.45) is 11.1 Å². The number of fused-ring (bicyclic) bond motifs is 1. The Balaban J connectivity index is 1.72. The molecule has 2 aromatic rings. The molecular formula is C15H18N4O4S. The summed E-state index contributed by atoms with van der Waals surface area (Å²) >= 11 is 0. The molecule has 0 aliphatic carbocycles. The Hall–Kier alpha value is -2.26. The van der Waals surface area contributed by atoms with Crippen molar-refractivity contribution >= 4 is 26.7 Å². The van der Waals surface area contributed by atoms with E-state index < -0.39 is 10.0 Å². The Morgan fingerprint density at radius 1 is 1.33 bits per heavy atom. The van der Waals surface area contributed by atoms with Crippen LogP contribution in [0.1, 0.15) is 6.42 Å². The number of benzene rings is 1. The molecule has 0 radical (unpaired) electrons. The average molecular weight is 350 g/mol. The molecule has 1 aliphatic rings. The van der Waals surface area contributed by atoms with E-state index in [1.165, 1.54) is 0 Å². The summed E-state index contributed by atoms with van der Waals surface area (Å²) in [4.78, 5) is 26.3. The van der Waals surface area contributed by atoms with Crippen LogP contribution in [-0.4, -0.2) is 47.8 Å². The van der Waals surface area contributed by atoms with E-state index in [0.717, 1.165) is 10.1 Å². The van der Waals surface area contributed by atoms with Crippen molar-refractivity contribution in [3.63, 3.8) is 0 Å². The molecule has 1 aliphatic heterocycles. The Morgan fingerprint density at radius 3 is 2.83 bits per heavy atom. The number of carbonyl (C=O) groups excluding carboxylic acids is 1. The van der Waals surface area contributed by atoms with E-state index in [1.807, 2.05) is 6.07 Å². The number of amides is 1. The molecule has 128 valence electrons. The third kappa shape index (κ3) is 3.62. The molecular weight excluding hydrogens is 332 g/mol. The number of rotatable bonds is 4. The lowest BCUT2D eigenvalue weighted by molar-refractivity contribution is -0.131. The number of likely N-dealkylation sites (tertiary alicyclic amines) is 1. The molecule has 1 unspecified atom stereocenters. The number of hydrogen-bond donors (Lipinski definition) is 1. The lowest BCUT2D eigenvalue weighted by atomic mass is 10.2. The van der Waals surface area contributed by atoms with Crippen LogP contribution in [0.2, 0.25) is 0 Å². The molecule has 1 saturated heterocycles. The molecule has 24 heavy (non-hydrogen) atoms. The molecule has 1 amide bonds. The fourth-order valence-electron chi connectivity index (χ4n) is 2.99. The molecule has 8 nitrogen and oxygen atoms in total. The first-order valence-corrected chi connectivity index (χ1v) is 9.28. The predicted molar refractivity (Wildman–Crippen MR) is 88.7 cm³/mol. The molecule has 0 bridgehead atoms. The third-order valence-corrected chi connectivity index (χ3v) is 5.09. The average Bonchev–Trinajstić information content (AvgIpc) is 2.97. The zero-order valence-corrected chi connectivity index (χ0v) is 13.8.